The van der Waals surface area contributed by atoms with Crippen LogP contribution in [-0.4, -0.2) is 61.7 Å². The quantitative estimate of drug-likeness (QED) is 0.818. The van der Waals surface area contributed by atoms with E-state index in [9.17, 15) is 0 Å². The van der Waals surface area contributed by atoms with Crippen molar-refractivity contribution in [1.82, 2.24) is 15.1 Å². The first kappa shape index (κ1) is 12.9. The molecule has 3 nitrogen and oxygen atoms in total. The Morgan fingerprint density at radius 1 is 0.944 bits per heavy atom. The number of hydrogen-bond donors (Lipinski definition) is 1. The highest BCUT2D eigenvalue weighted by atomic mass is 15.3. The highest BCUT2D eigenvalue weighted by Gasteiger charge is 2.28. The summed E-state index contributed by atoms with van der Waals surface area (Å²) in [6, 6.07) is 0.911. The predicted molar refractivity (Wildman–Crippen MR) is 75.8 cm³/mol. The summed E-state index contributed by atoms with van der Waals surface area (Å²) in [4.78, 5) is 5.47. The predicted octanol–water partition coefficient (Wildman–Crippen LogP) is 1.40. The Kier molecular flexibility index (Phi) is 4.22. The molecule has 0 unspecified atom stereocenters. The van der Waals surface area contributed by atoms with Crippen molar-refractivity contribution >= 4 is 0 Å². The lowest BCUT2D eigenvalue weighted by molar-refractivity contribution is 0.0601. The second-order valence-corrected chi connectivity index (χ2v) is 6.77. The minimum Gasteiger partial charge on any atom is -0.316 e. The molecule has 2 heterocycles. The number of nitrogens with one attached hydrogen (secondary N) is 1. The van der Waals surface area contributed by atoms with Crippen LogP contribution in [0.5, 0.6) is 0 Å². The fourth-order valence-electron chi connectivity index (χ4n) is 3.76. The second-order valence-electron chi connectivity index (χ2n) is 6.77. The molecule has 1 N–H and O–H groups in total. The number of rotatable bonds is 3. The molecule has 1 saturated carbocycles. The SMILES string of the molecule is CC1CCC(N2CCN(CC3CNC3)CC2)CC1. The standard InChI is InChI=1S/C15H29N3/c1-13-2-4-15(5-3-13)18-8-6-17(7-9-18)12-14-10-16-11-14/h13-16H,2-12H2,1H3. The maximum atomic E-state index is 3.38. The van der Waals surface area contributed by atoms with Crippen LogP contribution >= 0.6 is 0 Å². The summed E-state index contributed by atoms with van der Waals surface area (Å²) in [5, 5.41) is 3.38. The van der Waals surface area contributed by atoms with Crippen molar-refractivity contribution in [3.05, 3.63) is 0 Å². The van der Waals surface area contributed by atoms with Crippen LogP contribution in [0.1, 0.15) is 32.6 Å². The Balaban J connectivity index is 1.39. The first-order chi connectivity index (χ1) is 8.81. The van der Waals surface area contributed by atoms with Gasteiger partial charge in [-0.25, -0.2) is 0 Å². The topological polar surface area (TPSA) is 18.5 Å². The maximum Gasteiger partial charge on any atom is 0.0113 e. The van der Waals surface area contributed by atoms with Gasteiger partial charge in [-0.3, -0.25) is 4.90 Å². The van der Waals surface area contributed by atoms with Crippen LogP contribution < -0.4 is 5.32 Å². The van der Waals surface area contributed by atoms with Gasteiger partial charge in [0.05, 0.1) is 0 Å². The van der Waals surface area contributed by atoms with E-state index in [1.807, 2.05) is 0 Å². The summed E-state index contributed by atoms with van der Waals surface area (Å²) >= 11 is 0. The van der Waals surface area contributed by atoms with Crippen LogP contribution in [0.2, 0.25) is 0 Å². The molecule has 1 aliphatic carbocycles. The molecule has 3 heteroatoms. The van der Waals surface area contributed by atoms with E-state index < -0.39 is 0 Å². The average Bonchev–Trinajstić information content (AvgIpc) is 2.36. The monoisotopic (exact) mass is 251 g/mol. The molecule has 0 spiro atoms. The highest BCUT2D eigenvalue weighted by Crippen LogP contribution is 2.27. The van der Waals surface area contributed by atoms with Crippen molar-refractivity contribution < 1.29 is 0 Å². The molecule has 0 amide bonds. The van der Waals surface area contributed by atoms with Crippen molar-refractivity contribution in [2.45, 2.75) is 38.6 Å². The van der Waals surface area contributed by atoms with Gasteiger partial charge in [-0.2, -0.15) is 0 Å². The highest BCUT2D eigenvalue weighted by molar-refractivity contribution is 4.84. The van der Waals surface area contributed by atoms with Gasteiger partial charge < -0.3 is 10.2 Å². The third-order valence-corrected chi connectivity index (χ3v) is 5.29. The number of piperazine rings is 1. The minimum atomic E-state index is 0.911. The smallest absolute Gasteiger partial charge is 0.0113 e. The summed E-state index contributed by atoms with van der Waals surface area (Å²) in [6.07, 6.45) is 5.82. The van der Waals surface area contributed by atoms with E-state index in [4.69, 9.17) is 0 Å². The van der Waals surface area contributed by atoms with Crippen molar-refractivity contribution in [3.63, 3.8) is 0 Å². The molecule has 0 aromatic carbocycles. The van der Waals surface area contributed by atoms with Gasteiger partial charge >= 0.3 is 0 Å². The molecule has 0 aromatic rings. The molecule has 0 atom stereocenters. The summed E-state index contributed by atoms with van der Waals surface area (Å²) < 4.78 is 0. The molecule has 0 bridgehead atoms. The van der Waals surface area contributed by atoms with E-state index in [1.54, 1.807) is 0 Å². The molecule has 3 aliphatic rings. The van der Waals surface area contributed by atoms with Crippen LogP contribution in [0.3, 0.4) is 0 Å². The van der Waals surface area contributed by atoms with Crippen LogP contribution in [0.15, 0.2) is 0 Å². The Labute approximate surface area is 112 Å². The first-order valence-corrected chi connectivity index (χ1v) is 7.98. The van der Waals surface area contributed by atoms with E-state index in [2.05, 4.69) is 22.0 Å². The van der Waals surface area contributed by atoms with Crippen molar-refractivity contribution in [1.29, 1.82) is 0 Å². The van der Waals surface area contributed by atoms with E-state index in [-0.39, 0.29) is 0 Å². The van der Waals surface area contributed by atoms with Crippen LogP contribution in [0.25, 0.3) is 0 Å². The molecule has 18 heavy (non-hydrogen) atoms. The van der Waals surface area contributed by atoms with Crippen LogP contribution in [0.4, 0.5) is 0 Å². The van der Waals surface area contributed by atoms with Gasteiger partial charge in [0, 0.05) is 51.9 Å². The molecule has 104 valence electrons. The van der Waals surface area contributed by atoms with Gasteiger partial charge in [-0.1, -0.05) is 6.92 Å². The lowest BCUT2D eigenvalue weighted by atomic mass is 9.86. The summed E-state index contributed by atoms with van der Waals surface area (Å²) in [7, 11) is 0. The van der Waals surface area contributed by atoms with E-state index in [0.717, 1.165) is 17.9 Å². The summed E-state index contributed by atoms with van der Waals surface area (Å²) in [5.41, 5.74) is 0. The minimum absolute atomic E-state index is 0.911. The average molecular weight is 251 g/mol. The van der Waals surface area contributed by atoms with Gasteiger partial charge in [0.2, 0.25) is 0 Å². The normalized spacial score (nSPS) is 36.5. The van der Waals surface area contributed by atoms with Gasteiger partial charge in [0.25, 0.3) is 0 Å². The van der Waals surface area contributed by atoms with Crippen LogP contribution in [-0.2, 0) is 0 Å². The number of hydrogen-bond acceptors (Lipinski definition) is 3. The fourth-order valence-corrected chi connectivity index (χ4v) is 3.76. The Morgan fingerprint density at radius 3 is 2.17 bits per heavy atom. The Hall–Kier alpha value is -0.120. The maximum absolute atomic E-state index is 3.38. The van der Waals surface area contributed by atoms with Gasteiger partial charge in [-0.05, 0) is 37.5 Å². The third kappa shape index (κ3) is 3.06. The zero-order valence-electron chi connectivity index (χ0n) is 11.9. The first-order valence-electron chi connectivity index (χ1n) is 7.98. The van der Waals surface area contributed by atoms with Gasteiger partial charge in [0.15, 0.2) is 0 Å². The lowest BCUT2D eigenvalue weighted by Gasteiger charge is -2.43. The molecular weight excluding hydrogens is 222 g/mol. The van der Waals surface area contributed by atoms with Crippen LogP contribution in [0, 0.1) is 11.8 Å². The molecule has 2 aliphatic heterocycles. The molecule has 2 saturated heterocycles. The molecular formula is C15H29N3. The van der Waals surface area contributed by atoms with Crippen molar-refractivity contribution in [2.75, 3.05) is 45.8 Å². The summed E-state index contributed by atoms with van der Waals surface area (Å²) in [6.45, 7) is 11.5. The van der Waals surface area contributed by atoms with E-state index >= 15 is 0 Å². The van der Waals surface area contributed by atoms with Gasteiger partial charge in [-0.15, -0.1) is 0 Å². The fraction of sp³-hybridized carbons (Fsp3) is 1.00. The van der Waals surface area contributed by atoms with Crippen molar-refractivity contribution in [2.24, 2.45) is 11.8 Å². The second kappa shape index (κ2) is 5.89. The molecule has 3 rings (SSSR count). The van der Waals surface area contributed by atoms with Gasteiger partial charge in [0.1, 0.15) is 0 Å². The molecule has 0 aromatic heterocycles. The van der Waals surface area contributed by atoms with Crippen molar-refractivity contribution in [3.8, 4) is 0 Å². The third-order valence-electron chi connectivity index (χ3n) is 5.29. The zero-order valence-corrected chi connectivity index (χ0v) is 11.9. The molecule has 0 radical (unpaired) electrons. The molecule has 3 fully saturated rings. The number of nitrogens with zero attached hydrogens (tertiary/aromatic N) is 2. The Bertz CT molecular complexity index is 248. The van der Waals surface area contributed by atoms with E-state index in [0.29, 0.717) is 0 Å². The Morgan fingerprint density at radius 2 is 1.61 bits per heavy atom. The van der Waals surface area contributed by atoms with E-state index in [1.165, 1.54) is 71.5 Å². The zero-order chi connectivity index (χ0) is 12.4. The summed E-state index contributed by atoms with van der Waals surface area (Å²) in [5.74, 6) is 1.92. The lowest BCUT2D eigenvalue weighted by Crippen LogP contribution is -2.55. The largest absolute Gasteiger partial charge is 0.316 e.